The zero-order chi connectivity index (χ0) is 22.3. The van der Waals surface area contributed by atoms with Gasteiger partial charge in [0.05, 0.1) is 0 Å². The van der Waals surface area contributed by atoms with Crippen molar-refractivity contribution in [3.05, 3.63) is 84.4 Å². The van der Waals surface area contributed by atoms with Gasteiger partial charge in [-0.15, -0.1) is 13.2 Å². The molecule has 0 saturated heterocycles. The number of carbonyl (C=O) groups is 2. The number of ether oxygens (including phenoxy) is 2. The van der Waals surface area contributed by atoms with Crippen LogP contribution in [0.2, 0.25) is 0 Å². The summed E-state index contributed by atoms with van der Waals surface area (Å²) in [4.78, 5) is 24.0. The summed E-state index contributed by atoms with van der Waals surface area (Å²) >= 11 is 0. The van der Waals surface area contributed by atoms with E-state index in [-0.39, 0.29) is 12.2 Å². The number of halogens is 3. The van der Waals surface area contributed by atoms with E-state index >= 15 is 0 Å². The summed E-state index contributed by atoms with van der Waals surface area (Å²) in [5, 5.41) is 0. The number of carbonyl (C=O) groups excluding carboxylic acids is 2. The lowest BCUT2D eigenvalue weighted by molar-refractivity contribution is -0.274. The average molecular weight is 430 g/mol. The maximum atomic E-state index is 12.2. The molecule has 0 saturated carbocycles. The molecule has 0 aliphatic heterocycles. The van der Waals surface area contributed by atoms with Gasteiger partial charge in [0.25, 0.3) is 11.8 Å². The maximum Gasteiger partial charge on any atom is 0.573 e. The molecule has 6 nitrogen and oxygen atoms in total. The predicted octanol–water partition coefficient (Wildman–Crippen LogP) is 4.09. The largest absolute Gasteiger partial charge is 0.573 e. The van der Waals surface area contributed by atoms with Crippen molar-refractivity contribution in [3.63, 3.8) is 0 Å². The number of amides is 2. The van der Waals surface area contributed by atoms with Crippen LogP contribution in [0, 0.1) is 0 Å². The van der Waals surface area contributed by atoms with Crippen molar-refractivity contribution < 1.29 is 32.2 Å². The summed E-state index contributed by atoms with van der Waals surface area (Å²) < 4.78 is 45.8. The summed E-state index contributed by atoms with van der Waals surface area (Å²) in [7, 11) is 0. The fourth-order valence-corrected chi connectivity index (χ4v) is 2.63. The van der Waals surface area contributed by atoms with Crippen molar-refractivity contribution >= 4 is 11.8 Å². The van der Waals surface area contributed by atoms with Crippen molar-refractivity contribution in [2.45, 2.75) is 6.36 Å². The fourth-order valence-electron chi connectivity index (χ4n) is 2.63. The Hall–Kier alpha value is -4.01. The molecule has 0 heterocycles. The van der Waals surface area contributed by atoms with Gasteiger partial charge in [0, 0.05) is 11.1 Å². The monoisotopic (exact) mass is 430 g/mol. The number of nitrogens with one attached hydrogen (secondary N) is 2. The molecule has 3 aromatic carbocycles. The lowest BCUT2D eigenvalue weighted by Gasteiger charge is -2.12. The van der Waals surface area contributed by atoms with Gasteiger partial charge in [0.15, 0.2) is 6.61 Å². The van der Waals surface area contributed by atoms with Crippen molar-refractivity contribution in [2.75, 3.05) is 6.61 Å². The molecule has 0 aliphatic rings. The van der Waals surface area contributed by atoms with Crippen LogP contribution < -0.4 is 20.3 Å². The highest BCUT2D eigenvalue weighted by Crippen LogP contribution is 2.29. The van der Waals surface area contributed by atoms with E-state index in [1.165, 1.54) is 0 Å². The Morgan fingerprint density at radius 3 is 2.13 bits per heavy atom. The molecule has 31 heavy (non-hydrogen) atoms. The topological polar surface area (TPSA) is 76.7 Å². The number of alkyl halides is 3. The average Bonchev–Trinajstić information content (AvgIpc) is 2.76. The Kier molecular flexibility index (Phi) is 6.76. The zero-order valence-electron chi connectivity index (χ0n) is 16.0. The molecule has 0 atom stereocenters. The van der Waals surface area contributed by atoms with Gasteiger partial charge in [-0.1, -0.05) is 48.5 Å². The maximum absolute atomic E-state index is 12.2. The van der Waals surface area contributed by atoms with Crippen LogP contribution >= 0.6 is 0 Å². The molecular weight excluding hydrogens is 413 g/mol. The van der Waals surface area contributed by atoms with E-state index in [9.17, 15) is 22.8 Å². The van der Waals surface area contributed by atoms with Gasteiger partial charge in [-0.05, 0) is 35.9 Å². The van der Waals surface area contributed by atoms with E-state index in [0.717, 1.165) is 35.4 Å². The molecule has 3 rings (SSSR count). The Morgan fingerprint density at radius 1 is 0.806 bits per heavy atom. The van der Waals surface area contributed by atoms with Crippen LogP contribution in [-0.4, -0.2) is 24.8 Å². The highest BCUT2D eigenvalue weighted by Gasteiger charge is 2.31. The van der Waals surface area contributed by atoms with Crippen LogP contribution in [0.4, 0.5) is 13.2 Å². The molecule has 0 fully saturated rings. The third kappa shape index (κ3) is 6.49. The molecule has 3 aromatic rings. The molecule has 9 heteroatoms. The number of hydrogen-bond acceptors (Lipinski definition) is 4. The molecule has 2 N–H and O–H groups in total. The van der Waals surface area contributed by atoms with Gasteiger partial charge in [0.1, 0.15) is 11.5 Å². The van der Waals surface area contributed by atoms with Gasteiger partial charge in [-0.3, -0.25) is 20.4 Å². The Balaban J connectivity index is 1.52. The van der Waals surface area contributed by atoms with Gasteiger partial charge >= 0.3 is 6.36 Å². The van der Waals surface area contributed by atoms with Crippen molar-refractivity contribution in [2.24, 2.45) is 0 Å². The molecule has 2 amide bonds. The van der Waals surface area contributed by atoms with Gasteiger partial charge < -0.3 is 9.47 Å². The summed E-state index contributed by atoms with van der Waals surface area (Å²) in [6.45, 7) is -0.359. The van der Waals surface area contributed by atoms with Crippen molar-refractivity contribution in [3.8, 4) is 22.6 Å². The van der Waals surface area contributed by atoms with Crippen LogP contribution in [0.1, 0.15) is 10.4 Å². The minimum atomic E-state index is -4.82. The standard InChI is InChI=1S/C22H17F3N2O4/c23-22(24,25)31-17-12-10-16(11-13-17)21(29)27-26-20(28)14-30-19-9-5-4-8-18(19)15-6-2-1-3-7-15/h1-13H,14H2,(H,26,28)(H,27,29). The number of rotatable bonds is 6. The predicted molar refractivity (Wildman–Crippen MR) is 106 cm³/mol. The highest BCUT2D eigenvalue weighted by atomic mass is 19.4. The number of hydrogen-bond donors (Lipinski definition) is 2. The molecule has 0 bridgehead atoms. The molecule has 0 aliphatic carbocycles. The van der Waals surface area contributed by atoms with Crippen LogP contribution in [0.3, 0.4) is 0 Å². The molecule has 160 valence electrons. The summed E-state index contributed by atoms with van der Waals surface area (Å²) in [5.74, 6) is -1.29. The van der Waals surface area contributed by atoms with Gasteiger partial charge in [-0.2, -0.15) is 0 Å². The van der Waals surface area contributed by atoms with Crippen LogP contribution in [0.25, 0.3) is 11.1 Å². The van der Waals surface area contributed by atoms with Crippen molar-refractivity contribution in [1.29, 1.82) is 0 Å². The Labute approximate surface area is 175 Å². The normalized spacial score (nSPS) is 10.8. The minimum absolute atomic E-state index is 0.0326. The zero-order valence-corrected chi connectivity index (χ0v) is 16.0. The number of para-hydroxylation sites is 1. The highest BCUT2D eigenvalue weighted by molar-refractivity contribution is 5.95. The van der Waals surface area contributed by atoms with E-state index in [2.05, 4.69) is 15.6 Å². The second-order valence-electron chi connectivity index (χ2n) is 6.23. The summed E-state index contributed by atoms with van der Waals surface area (Å²) in [5.41, 5.74) is 6.12. The second kappa shape index (κ2) is 9.66. The van der Waals surface area contributed by atoms with E-state index in [1.807, 2.05) is 42.5 Å². The summed E-state index contributed by atoms with van der Waals surface area (Å²) in [6, 6.07) is 20.9. The van der Waals surface area contributed by atoms with Gasteiger partial charge in [0.2, 0.25) is 0 Å². The SMILES string of the molecule is O=C(COc1ccccc1-c1ccccc1)NNC(=O)c1ccc(OC(F)(F)F)cc1. The first kappa shape index (κ1) is 21.7. The first-order valence-corrected chi connectivity index (χ1v) is 9.04. The smallest absolute Gasteiger partial charge is 0.483 e. The van der Waals surface area contributed by atoms with Crippen molar-refractivity contribution in [1.82, 2.24) is 10.9 Å². The fraction of sp³-hybridized carbons (Fsp3) is 0.0909. The number of benzene rings is 3. The Morgan fingerprint density at radius 2 is 1.45 bits per heavy atom. The van der Waals surface area contributed by atoms with E-state index in [0.29, 0.717) is 5.75 Å². The molecular formula is C22H17F3N2O4. The van der Waals surface area contributed by atoms with E-state index < -0.39 is 23.9 Å². The molecule has 0 spiro atoms. The first-order chi connectivity index (χ1) is 14.8. The lowest BCUT2D eigenvalue weighted by Crippen LogP contribution is -2.43. The molecule has 0 unspecified atom stereocenters. The molecule has 0 aromatic heterocycles. The van der Waals surface area contributed by atoms with Crippen LogP contribution in [0.15, 0.2) is 78.9 Å². The van der Waals surface area contributed by atoms with Gasteiger partial charge in [-0.25, -0.2) is 0 Å². The van der Waals surface area contributed by atoms with E-state index in [1.54, 1.807) is 12.1 Å². The third-order valence-corrected chi connectivity index (χ3v) is 4.00. The molecule has 0 radical (unpaired) electrons. The first-order valence-electron chi connectivity index (χ1n) is 9.04. The summed E-state index contributed by atoms with van der Waals surface area (Å²) in [6.07, 6.45) is -4.82. The van der Waals surface area contributed by atoms with Crippen LogP contribution in [-0.2, 0) is 4.79 Å². The third-order valence-electron chi connectivity index (χ3n) is 4.00. The quantitative estimate of drug-likeness (QED) is 0.578. The van der Waals surface area contributed by atoms with Crippen LogP contribution in [0.5, 0.6) is 11.5 Å². The second-order valence-corrected chi connectivity index (χ2v) is 6.23. The Bertz CT molecular complexity index is 1040. The van der Waals surface area contributed by atoms with E-state index in [4.69, 9.17) is 4.74 Å². The minimum Gasteiger partial charge on any atom is -0.483 e. The lowest BCUT2D eigenvalue weighted by atomic mass is 10.1. The number of hydrazine groups is 1.